The molecule has 6 heteroatoms. The molecule has 24 heavy (non-hydrogen) atoms. The summed E-state index contributed by atoms with van der Waals surface area (Å²) in [6.07, 6.45) is 5.08. The maximum Gasteiger partial charge on any atom is 0.163 e. The number of benzene rings is 1. The van der Waals surface area contributed by atoms with E-state index >= 15 is 0 Å². The van der Waals surface area contributed by atoms with E-state index in [9.17, 15) is 5.11 Å². The van der Waals surface area contributed by atoms with Gasteiger partial charge in [-0.25, -0.2) is 4.98 Å². The Balaban J connectivity index is 1.89. The summed E-state index contributed by atoms with van der Waals surface area (Å²) >= 11 is 0. The van der Waals surface area contributed by atoms with Crippen LogP contribution in [0.25, 0.3) is 16.9 Å². The average Bonchev–Trinajstić information content (AvgIpc) is 3.07. The van der Waals surface area contributed by atoms with Crippen LogP contribution in [-0.4, -0.2) is 24.7 Å². The normalized spacial score (nSPS) is 10.9. The Morgan fingerprint density at radius 1 is 1.04 bits per heavy atom. The van der Waals surface area contributed by atoms with Crippen LogP contribution in [0.15, 0.2) is 67.1 Å². The lowest BCUT2D eigenvalue weighted by Crippen LogP contribution is -2.03. The van der Waals surface area contributed by atoms with E-state index in [0.29, 0.717) is 11.2 Å². The second-order valence-electron chi connectivity index (χ2n) is 5.32. The number of nitrogens with zero attached hydrogens (tertiary/aromatic N) is 4. The van der Waals surface area contributed by atoms with E-state index < -0.39 is 0 Å². The standard InChI is InChI=1S/C18H15N5O/c24-12-14-11-20-23-17(21-15-6-8-19-9-7-15)10-16(22-18(14)23)13-4-2-1-3-5-13/h1-11,24H,12H2,(H,19,21). The summed E-state index contributed by atoms with van der Waals surface area (Å²) in [5.41, 5.74) is 4.04. The van der Waals surface area contributed by atoms with Gasteiger partial charge in [0.05, 0.1) is 18.5 Å². The SMILES string of the molecule is OCc1cnn2c(Nc3ccncc3)cc(-c3ccccc3)nc12. The molecule has 2 N–H and O–H groups in total. The molecule has 0 saturated carbocycles. The number of aliphatic hydroxyl groups excluding tert-OH is 1. The fraction of sp³-hybridized carbons (Fsp3) is 0.0556. The first-order chi connectivity index (χ1) is 11.8. The van der Waals surface area contributed by atoms with Crippen molar-refractivity contribution in [1.29, 1.82) is 0 Å². The molecule has 0 spiro atoms. The number of fused-ring (bicyclic) bond motifs is 1. The van der Waals surface area contributed by atoms with Crippen molar-refractivity contribution < 1.29 is 5.11 Å². The minimum Gasteiger partial charge on any atom is -0.391 e. The minimum atomic E-state index is -0.108. The van der Waals surface area contributed by atoms with Crippen LogP contribution in [0.4, 0.5) is 11.5 Å². The molecule has 0 fully saturated rings. The topological polar surface area (TPSA) is 75.3 Å². The molecule has 0 atom stereocenters. The Bertz CT molecular complexity index is 967. The van der Waals surface area contributed by atoms with Crippen LogP contribution in [-0.2, 0) is 6.61 Å². The molecule has 0 saturated heterocycles. The van der Waals surface area contributed by atoms with Crippen LogP contribution in [0.2, 0.25) is 0 Å². The van der Waals surface area contributed by atoms with Gasteiger partial charge in [-0.05, 0) is 12.1 Å². The largest absolute Gasteiger partial charge is 0.391 e. The van der Waals surface area contributed by atoms with Crippen molar-refractivity contribution in [2.75, 3.05) is 5.32 Å². The zero-order valence-corrected chi connectivity index (χ0v) is 12.8. The van der Waals surface area contributed by atoms with Gasteiger partial charge in [-0.15, -0.1) is 0 Å². The van der Waals surface area contributed by atoms with Gasteiger partial charge in [0.1, 0.15) is 5.82 Å². The number of pyridine rings is 1. The van der Waals surface area contributed by atoms with Crippen molar-refractivity contribution in [3.8, 4) is 11.3 Å². The van der Waals surface area contributed by atoms with Gasteiger partial charge in [0, 0.05) is 35.3 Å². The van der Waals surface area contributed by atoms with E-state index in [0.717, 1.165) is 22.8 Å². The first-order valence-electron chi connectivity index (χ1n) is 7.56. The lowest BCUT2D eigenvalue weighted by atomic mass is 10.1. The molecule has 0 unspecified atom stereocenters. The lowest BCUT2D eigenvalue weighted by Gasteiger charge is -2.11. The van der Waals surface area contributed by atoms with Gasteiger partial charge < -0.3 is 10.4 Å². The van der Waals surface area contributed by atoms with Crippen molar-refractivity contribution in [1.82, 2.24) is 19.6 Å². The predicted octanol–water partition coefficient (Wildman–Crippen LogP) is 3.03. The number of nitrogens with one attached hydrogen (secondary N) is 1. The summed E-state index contributed by atoms with van der Waals surface area (Å²) < 4.78 is 1.69. The number of aliphatic hydroxyl groups is 1. The first kappa shape index (κ1) is 14.3. The molecule has 6 nitrogen and oxygen atoms in total. The number of anilines is 2. The maximum absolute atomic E-state index is 9.54. The fourth-order valence-electron chi connectivity index (χ4n) is 2.55. The van der Waals surface area contributed by atoms with Gasteiger partial charge >= 0.3 is 0 Å². The van der Waals surface area contributed by atoms with Crippen LogP contribution in [0.5, 0.6) is 0 Å². The third-order valence-corrected chi connectivity index (χ3v) is 3.74. The fourth-order valence-corrected chi connectivity index (χ4v) is 2.55. The smallest absolute Gasteiger partial charge is 0.163 e. The zero-order valence-electron chi connectivity index (χ0n) is 12.8. The van der Waals surface area contributed by atoms with Gasteiger partial charge in [-0.1, -0.05) is 30.3 Å². The van der Waals surface area contributed by atoms with E-state index in [1.165, 1.54) is 0 Å². The molecular formula is C18H15N5O. The molecule has 0 bridgehead atoms. The summed E-state index contributed by atoms with van der Waals surface area (Å²) in [6.45, 7) is -0.108. The highest BCUT2D eigenvalue weighted by Gasteiger charge is 2.12. The Morgan fingerprint density at radius 2 is 1.83 bits per heavy atom. The quantitative estimate of drug-likeness (QED) is 0.605. The van der Waals surface area contributed by atoms with Crippen LogP contribution in [0.1, 0.15) is 5.56 Å². The molecule has 4 aromatic rings. The Hall–Kier alpha value is -3.25. The summed E-state index contributed by atoms with van der Waals surface area (Å²) in [4.78, 5) is 8.69. The van der Waals surface area contributed by atoms with E-state index in [2.05, 4.69) is 20.4 Å². The summed E-state index contributed by atoms with van der Waals surface area (Å²) in [5, 5.41) is 17.2. The third kappa shape index (κ3) is 2.59. The third-order valence-electron chi connectivity index (χ3n) is 3.74. The molecule has 0 radical (unpaired) electrons. The summed E-state index contributed by atoms with van der Waals surface area (Å²) in [7, 11) is 0. The number of rotatable bonds is 4. The highest BCUT2D eigenvalue weighted by Crippen LogP contribution is 2.25. The lowest BCUT2D eigenvalue weighted by molar-refractivity contribution is 0.283. The summed E-state index contributed by atoms with van der Waals surface area (Å²) in [5.74, 6) is 0.768. The molecule has 0 aliphatic carbocycles. The average molecular weight is 317 g/mol. The summed E-state index contributed by atoms with van der Waals surface area (Å²) in [6, 6.07) is 15.6. The number of aromatic nitrogens is 4. The van der Waals surface area contributed by atoms with E-state index in [-0.39, 0.29) is 6.61 Å². The molecular weight excluding hydrogens is 302 g/mol. The molecule has 3 heterocycles. The Morgan fingerprint density at radius 3 is 2.58 bits per heavy atom. The predicted molar refractivity (Wildman–Crippen MR) is 91.9 cm³/mol. The van der Waals surface area contributed by atoms with Crippen LogP contribution in [0.3, 0.4) is 0 Å². The first-order valence-corrected chi connectivity index (χ1v) is 7.56. The molecule has 0 aliphatic rings. The minimum absolute atomic E-state index is 0.108. The zero-order chi connectivity index (χ0) is 16.4. The molecule has 4 rings (SSSR count). The van der Waals surface area contributed by atoms with Crippen LogP contribution in [0, 0.1) is 0 Å². The highest BCUT2D eigenvalue weighted by atomic mass is 16.3. The molecule has 118 valence electrons. The van der Waals surface area contributed by atoms with Gasteiger partial charge in [-0.2, -0.15) is 9.61 Å². The van der Waals surface area contributed by atoms with Gasteiger partial charge in [0.2, 0.25) is 0 Å². The van der Waals surface area contributed by atoms with E-state index in [1.807, 2.05) is 48.5 Å². The highest BCUT2D eigenvalue weighted by molar-refractivity contribution is 5.70. The molecule has 0 amide bonds. The van der Waals surface area contributed by atoms with Gasteiger partial charge in [-0.3, -0.25) is 4.98 Å². The number of hydrogen-bond donors (Lipinski definition) is 2. The second kappa shape index (κ2) is 6.10. The second-order valence-corrected chi connectivity index (χ2v) is 5.32. The van der Waals surface area contributed by atoms with Crippen molar-refractivity contribution in [3.63, 3.8) is 0 Å². The van der Waals surface area contributed by atoms with Crippen molar-refractivity contribution in [3.05, 3.63) is 72.7 Å². The molecule has 1 aromatic carbocycles. The van der Waals surface area contributed by atoms with Crippen molar-refractivity contribution >= 4 is 17.2 Å². The van der Waals surface area contributed by atoms with Gasteiger partial charge in [0.15, 0.2) is 5.65 Å². The van der Waals surface area contributed by atoms with E-state index in [4.69, 9.17) is 0 Å². The van der Waals surface area contributed by atoms with Gasteiger partial charge in [0.25, 0.3) is 0 Å². The van der Waals surface area contributed by atoms with Crippen molar-refractivity contribution in [2.45, 2.75) is 6.61 Å². The van der Waals surface area contributed by atoms with E-state index in [1.54, 1.807) is 23.1 Å². The number of hydrogen-bond acceptors (Lipinski definition) is 5. The van der Waals surface area contributed by atoms with Crippen LogP contribution < -0.4 is 5.32 Å². The monoisotopic (exact) mass is 317 g/mol. The molecule has 3 aromatic heterocycles. The Labute approximate surface area is 138 Å². The Kier molecular flexibility index (Phi) is 3.64. The maximum atomic E-state index is 9.54. The molecule has 0 aliphatic heterocycles. The van der Waals surface area contributed by atoms with Crippen molar-refractivity contribution in [2.24, 2.45) is 0 Å². The van der Waals surface area contributed by atoms with Crippen LogP contribution >= 0.6 is 0 Å².